The summed E-state index contributed by atoms with van der Waals surface area (Å²) in [5.41, 5.74) is 0.660. The largest absolute Gasteiger partial charge is 0.484 e. The van der Waals surface area contributed by atoms with Crippen molar-refractivity contribution in [3.05, 3.63) is 74.6 Å². The predicted octanol–water partition coefficient (Wildman–Crippen LogP) is 5.01. The normalized spacial score (nSPS) is 10.6. The summed E-state index contributed by atoms with van der Waals surface area (Å²) in [6.45, 7) is 2.95. The number of rotatable bonds is 9. The maximum atomic E-state index is 12.7. The number of nitrogens with zero attached hydrogens (tertiary/aromatic N) is 1. The van der Waals surface area contributed by atoms with Gasteiger partial charge in [0.2, 0.25) is 0 Å². The van der Waals surface area contributed by atoms with E-state index in [4.69, 9.17) is 4.74 Å². The van der Waals surface area contributed by atoms with E-state index in [1.165, 1.54) is 0 Å². The number of carbonyl (C=O) groups is 2. The molecule has 0 bridgehead atoms. The Labute approximate surface area is 167 Å². The molecule has 0 aliphatic carbocycles. The number of hydrogen-bond donors (Lipinski definition) is 0. The summed E-state index contributed by atoms with van der Waals surface area (Å²) in [6, 6.07) is 15.0. The first-order valence-electron chi connectivity index (χ1n) is 8.74. The summed E-state index contributed by atoms with van der Waals surface area (Å²) in [7, 11) is 0. The first-order chi connectivity index (χ1) is 13.2. The van der Waals surface area contributed by atoms with E-state index in [2.05, 4.69) is 0 Å². The highest BCUT2D eigenvalue weighted by atomic mass is 32.1. The minimum atomic E-state index is -0.0643. The van der Waals surface area contributed by atoms with Gasteiger partial charge in [-0.25, -0.2) is 0 Å². The lowest BCUT2D eigenvalue weighted by Crippen LogP contribution is -2.33. The van der Waals surface area contributed by atoms with Crippen molar-refractivity contribution in [2.24, 2.45) is 0 Å². The van der Waals surface area contributed by atoms with Crippen molar-refractivity contribution in [3.63, 3.8) is 0 Å². The molecule has 2 aromatic heterocycles. The second-order valence-corrected chi connectivity index (χ2v) is 8.06. The van der Waals surface area contributed by atoms with Crippen molar-refractivity contribution in [1.82, 2.24) is 4.90 Å². The van der Waals surface area contributed by atoms with Crippen LogP contribution in [0, 0.1) is 0 Å². The van der Waals surface area contributed by atoms with Crippen LogP contribution in [0.5, 0.6) is 5.75 Å². The molecular formula is C21H21NO3S2. The van der Waals surface area contributed by atoms with Gasteiger partial charge >= 0.3 is 0 Å². The summed E-state index contributed by atoms with van der Waals surface area (Å²) in [5.74, 6) is 0.615. The molecule has 3 aromatic rings. The highest BCUT2D eigenvalue weighted by molar-refractivity contribution is 7.10. The molecule has 0 saturated carbocycles. The van der Waals surface area contributed by atoms with Gasteiger partial charge in [-0.2, -0.15) is 0 Å². The molecule has 0 saturated heterocycles. The number of benzene rings is 1. The average molecular weight is 400 g/mol. The monoisotopic (exact) mass is 399 g/mol. The molecule has 0 aliphatic heterocycles. The molecule has 1 amide bonds. The third-order valence-electron chi connectivity index (χ3n) is 4.07. The molecule has 3 rings (SSSR count). The smallest absolute Gasteiger partial charge is 0.261 e. The average Bonchev–Trinajstić information content (AvgIpc) is 3.39. The van der Waals surface area contributed by atoms with Gasteiger partial charge in [0, 0.05) is 21.7 Å². The lowest BCUT2D eigenvalue weighted by molar-refractivity contribution is -0.134. The Kier molecular flexibility index (Phi) is 6.79. The second kappa shape index (κ2) is 9.48. The van der Waals surface area contributed by atoms with Crippen molar-refractivity contribution in [2.45, 2.75) is 26.4 Å². The van der Waals surface area contributed by atoms with Gasteiger partial charge < -0.3 is 9.64 Å². The number of carbonyl (C=O) groups excluding carboxylic acids is 2. The highest BCUT2D eigenvalue weighted by Gasteiger charge is 2.16. The fourth-order valence-corrected chi connectivity index (χ4v) is 4.03. The molecule has 4 nitrogen and oxygen atoms in total. The third-order valence-corrected chi connectivity index (χ3v) is 5.79. The van der Waals surface area contributed by atoms with Crippen LogP contribution in [0.2, 0.25) is 0 Å². The molecule has 6 heteroatoms. The van der Waals surface area contributed by atoms with Crippen LogP contribution in [0.3, 0.4) is 0 Å². The molecule has 0 fully saturated rings. The first kappa shape index (κ1) is 19.3. The molecule has 0 atom stereocenters. The number of thiophene rings is 2. The molecule has 0 aliphatic rings. The SMILES string of the molecule is CCC(=O)c1ccc(OCC(=O)N(Cc2cccs2)Cc2cccs2)cc1. The van der Waals surface area contributed by atoms with Crippen LogP contribution in [-0.4, -0.2) is 23.2 Å². The predicted molar refractivity (Wildman–Crippen MR) is 109 cm³/mol. The molecule has 2 heterocycles. The van der Waals surface area contributed by atoms with E-state index in [0.717, 1.165) is 9.75 Å². The Bertz CT molecular complexity index is 819. The Hall–Kier alpha value is -2.44. The van der Waals surface area contributed by atoms with Gasteiger partial charge in [-0.3, -0.25) is 9.59 Å². The fourth-order valence-electron chi connectivity index (χ4n) is 2.59. The summed E-state index contributed by atoms with van der Waals surface area (Å²) >= 11 is 3.28. The van der Waals surface area contributed by atoms with E-state index in [1.54, 1.807) is 46.9 Å². The number of Topliss-reactive ketones (excluding diaryl/α,β-unsaturated/α-hetero) is 1. The first-order valence-corrected chi connectivity index (χ1v) is 10.5. The van der Waals surface area contributed by atoms with Gasteiger partial charge in [-0.15, -0.1) is 22.7 Å². The van der Waals surface area contributed by atoms with Crippen LogP contribution in [0.4, 0.5) is 0 Å². The Morgan fingerprint density at radius 3 is 2.00 bits per heavy atom. The van der Waals surface area contributed by atoms with E-state index in [9.17, 15) is 9.59 Å². The van der Waals surface area contributed by atoms with Crippen LogP contribution < -0.4 is 4.74 Å². The van der Waals surface area contributed by atoms with Crippen molar-refractivity contribution in [1.29, 1.82) is 0 Å². The van der Waals surface area contributed by atoms with Crippen molar-refractivity contribution in [3.8, 4) is 5.75 Å². The standard InChI is InChI=1S/C21H21NO3S2/c1-2-20(23)16-7-9-17(10-8-16)25-15-21(24)22(13-18-5-3-11-26-18)14-19-6-4-12-27-19/h3-12H,2,13-15H2,1H3. The number of hydrogen-bond acceptors (Lipinski definition) is 5. The van der Waals surface area contributed by atoms with E-state index in [1.807, 2.05) is 46.8 Å². The second-order valence-electron chi connectivity index (χ2n) is 6.00. The van der Waals surface area contributed by atoms with E-state index in [-0.39, 0.29) is 18.3 Å². The van der Waals surface area contributed by atoms with E-state index < -0.39 is 0 Å². The molecule has 0 radical (unpaired) electrons. The molecular weight excluding hydrogens is 378 g/mol. The molecule has 0 unspecified atom stereocenters. The lowest BCUT2D eigenvalue weighted by Gasteiger charge is -2.21. The summed E-state index contributed by atoms with van der Waals surface area (Å²) in [4.78, 5) is 28.5. The summed E-state index contributed by atoms with van der Waals surface area (Å²) in [6.07, 6.45) is 0.471. The topological polar surface area (TPSA) is 46.6 Å². The van der Waals surface area contributed by atoms with Crippen LogP contribution >= 0.6 is 22.7 Å². The third kappa shape index (κ3) is 5.52. The lowest BCUT2D eigenvalue weighted by atomic mass is 10.1. The molecule has 1 aromatic carbocycles. The highest BCUT2D eigenvalue weighted by Crippen LogP contribution is 2.18. The molecule has 140 valence electrons. The maximum absolute atomic E-state index is 12.7. The maximum Gasteiger partial charge on any atom is 0.261 e. The van der Waals surface area contributed by atoms with Crippen LogP contribution in [0.25, 0.3) is 0 Å². The molecule has 0 spiro atoms. The van der Waals surface area contributed by atoms with Gasteiger partial charge in [0.1, 0.15) is 5.75 Å². The number of ether oxygens (including phenoxy) is 1. The molecule has 27 heavy (non-hydrogen) atoms. The Balaban J connectivity index is 1.62. The zero-order valence-corrected chi connectivity index (χ0v) is 16.7. The Morgan fingerprint density at radius 2 is 1.52 bits per heavy atom. The van der Waals surface area contributed by atoms with Crippen LogP contribution in [0.15, 0.2) is 59.3 Å². The minimum Gasteiger partial charge on any atom is -0.484 e. The molecule has 0 N–H and O–H groups in total. The van der Waals surface area contributed by atoms with Crippen LogP contribution in [0.1, 0.15) is 33.5 Å². The van der Waals surface area contributed by atoms with Crippen molar-refractivity contribution >= 4 is 34.4 Å². The zero-order chi connectivity index (χ0) is 19.1. The van der Waals surface area contributed by atoms with Crippen molar-refractivity contribution in [2.75, 3.05) is 6.61 Å². The number of ketones is 1. The summed E-state index contributed by atoms with van der Waals surface area (Å²) < 4.78 is 5.66. The van der Waals surface area contributed by atoms with Gasteiger partial charge in [0.05, 0.1) is 13.1 Å². The summed E-state index contributed by atoms with van der Waals surface area (Å²) in [5, 5.41) is 4.03. The van der Waals surface area contributed by atoms with Crippen LogP contribution in [-0.2, 0) is 17.9 Å². The van der Waals surface area contributed by atoms with E-state index in [0.29, 0.717) is 30.8 Å². The Morgan fingerprint density at radius 1 is 0.926 bits per heavy atom. The van der Waals surface area contributed by atoms with Gasteiger partial charge in [0.25, 0.3) is 5.91 Å². The minimum absolute atomic E-state index is 0.0299. The quantitative estimate of drug-likeness (QED) is 0.475. The fraction of sp³-hybridized carbons (Fsp3) is 0.238. The zero-order valence-electron chi connectivity index (χ0n) is 15.1. The van der Waals surface area contributed by atoms with Gasteiger partial charge in [-0.05, 0) is 47.2 Å². The number of amides is 1. The van der Waals surface area contributed by atoms with Gasteiger partial charge in [-0.1, -0.05) is 19.1 Å². The van der Waals surface area contributed by atoms with Crippen molar-refractivity contribution < 1.29 is 14.3 Å². The van der Waals surface area contributed by atoms with E-state index >= 15 is 0 Å². The van der Waals surface area contributed by atoms with Gasteiger partial charge in [0.15, 0.2) is 12.4 Å².